The standard InChI is InChI=1S/C15H18F2O4S/c1-3-5-12(15(20)21-6-4-2)22-13-7-9(14(18)19)10(16)8-11(13)17/h7-8,12H,3-6H2,1-2H3,(H,18,19). The van der Waals surface area contributed by atoms with Crippen LogP contribution < -0.4 is 0 Å². The van der Waals surface area contributed by atoms with Crippen LogP contribution in [0.4, 0.5) is 8.78 Å². The van der Waals surface area contributed by atoms with Crippen molar-refractivity contribution in [2.75, 3.05) is 6.61 Å². The molecule has 0 bridgehead atoms. The Morgan fingerprint density at radius 3 is 2.45 bits per heavy atom. The number of carbonyl (C=O) groups excluding carboxylic acids is 1. The maximum Gasteiger partial charge on any atom is 0.338 e. The normalized spacial score (nSPS) is 12.0. The average Bonchev–Trinajstić information content (AvgIpc) is 2.46. The fraction of sp³-hybridized carbons (Fsp3) is 0.467. The van der Waals surface area contributed by atoms with Crippen LogP contribution in [0.5, 0.6) is 0 Å². The molecule has 1 aromatic rings. The summed E-state index contributed by atoms with van der Waals surface area (Å²) in [6, 6.07) is 1.43. The van der Waals surface area contributed by atoms with Gasteiger partial charge in [0.1, 0.15) is 16.9 Å². The molecule has 0 aliphatic rings. The number of carbonyl (C=O) groups is 2. The zero-order valence-electron chi connectivity index (χ0n) is 12.4. The number of halogens is 2. The first-order valence-electron chi connectivity index (χ1n) is 6.96. The van der Waals surface area contributed by atoms with E-state index in [1.807, 2.05) is 13.8 Å². The topological polar surface area (TPSA) is 63.6 Å². The van der Waals surface area contributed by atoms with Gasteiger partial charge in [-0.1, -0.05) is 20.3 Å². The van der Waals surface area contributed by atoms with Crippen LogP contribution in [0.2, 0.25) is 0 Å². The van der Waals surface area contributed by atoms with Crippen LogP contribution in [0.15, 0.2) is 17.0 Å². The highest BCUT2D eigenvalue weighted by Gasteiger charge is 2.24. The maximum atomic E-state index is 13.8. The van der Waals surface area contributed by atoms with Gasteiger partial charge in [0.25, 0.3) is 0 Å². The van der Waals surface area contributed by atoms with Gasteiger partial charge in [-0.3, -0.25) is 4.79 Å². The molecule has 1 rings (SSSR count). The number of hydrogen-bond acceptors (Lipinski definition) is 4. The molecule has 0 aromatic heterocycles. The van der Waals surface area contributed by atoms with E-state index in [9.17, 15) is 18.4 Å². The second-order valence-corrected chi connectivity index (χ2v) is 5.87. The summed E-state index contributed by atoms with van der Waals surface area (Å²) in [5.74, 6) is -4.00. The molecule has 0 heterocycles. The largest absolute Gasteiger partial charge is 0.478 e. The Labute approximate surface area is 131 Å². The summed E-state index contributed by atoms with van der Waals surface area (Å²) in [6.45, 7) is 3.99. The molecular formula is C15H18F2O4S. The fourth-order valence-electron chi connectivity index (χ4n) is 1.72. The highest BCUT2D eigenvalue weighted by atomic mass is 32.2. The summed E-state index contributed by atoms with van der Waals surface area (Å²) in [6.07, 6.45) is 1.79. The summed E-state index contributed by atoms with van der Waals surface area (Å²) >= 11 is 0.859. The predicted molar refractivity (Wildman–Crippen MR) is 79.1 cm³/mol. The van der Waals surface area contributed by atoms with Crippen molar-refractivity contribution in [2.45, 2.75) is 43.3 Å². The molecule has 0 spiro atoms. The molecule has 1 unspecified atom stereocenters. The minimum absolute atomic E-state index is 0.0781. The molecule has 0 aliphatic heterocycles. The number of rotatable bonds is 8. The molecular weight excluding hydrogens is 314 g/mol. The van der Waals surface area contributed by atoms with Crippen LogP contribution in [-0.4, -0.2) is 28.9 Å². The Hall–Kier alpha value is -1.63. The number of carboxylic acid groups (broad SMARTS) is 1. The molecule has 7 heteroatoms. The quantitative estimate of drug-likeness (QED) is 0.578. The van der Waals surface area contributed by atoms with Crippen LogP contribution in [0, 0.1) is 11.6 Å². The molecule has 0 radical (unpaired) electrons. The molecule has 0 aliphatic carbocycles. The van der Waals surface area contributed by atoms with Gasteiger partial charge in [0.15, 0.2) is 0 Å². The molecule has 4 nitrogen and oxygen atoms in total. The lowest BCUT2D eigenvalue weighted by Crippen LogP contribution is -2.21. The van der Waals surface area contributed by atoms with Crippen molar-refractivity contribution in [3.63, 3.8) is 0 Å². The van der Waals surface area contributed by atoms with Gasteiger partial charge in [0.05, 0.1) is 12.2 Å². The molecule has 0 amide bonds. The molecule has 0 saturated heterocycles. The van der Waals surface area contributed by atoms with E-state index in [2.05, 4.69) is 0 Å². The number of benzene rings is 1. The number of aromatic carboxylic acids is 1. The SMILES string of the molecule is CCCOC(=O)C(CCC)Sc1cc(C(=O)O)c(F)cc1F. The second kappa shape index (κ2) is 8.73. The summed E-state index contributed by atoms with van der Waals surface area (Å²) in [7, 11) is 0. The summed E-state index contributed by atoms with van der Waals surface area (Å²) in [5, 5.41) is 8.23. The van der Waals surface area contributed by atoms with Gasteiger partial charge in [-0.05, 0) is 18.9 Å². The lowest BCUT2D eigenvalue weighted by molar-refractivity contribution is -0.143. The first kappa shape index (κ1) is 18.4. The Bertz CT molecular complexity index is 549. The Morgan fingerprint density at radius 1 is 1.23 bits per heavy atom. The number of carboxylic acids is 1. The monoisotopic (exact) mass is 332 g/mol. The number of ether oxygens (including phenoxy) is 1. The van der Waals surface area contributed by atoms with E-state index in [1.54, 1.807) is 0 Å². The lowest BCUT2D eigenvalue weighted by Gasteiger charge is -2.15. The minimum atomic E-state index is -1.49. The average molecular weight is 332 g/mol. The zero-order chi connectivity index (χ0) is 16.7. The van der Waals surface area contributed by atoms with Crippen LogP contribution in [0.3, 0.4) is 0 Å². The van der Waals surface area contributed by atoms with Crippen LogP contribution in [-0.2, 0) is 9.53 Å². The van der Waals surface area contributed by atoms with Gasteiger partial charge in [0, 0.05) is 11.0 Å². The molecule has 0 saturated carbocycles. The smallest absolute Gasteiger partial charge is 0.338 e. The molecule has 22 heavy (non-hydrogen) atoms. The maximum absolute atomic E-state index is 13.8. The third-order valence-corrected chi connectivity index (χ3v) is 4.06. The van der Waals surface area contributed by atoms with E-state index in [1.165, 1.54) is 0 Å². The first-order valence-corrected chi connectivity index (χ1v) is 7.84. The highest BCUT2D eigenvalue weighted by molar-refractivity contribution is 8.00. The minimum Gasteiger partial charge on any atom is -0.478 e. The van der Waals surface area contributed by atoms with E-state index < -0.39 is 34.4 Å². The van der Waals surface area contributed by atoms with Gasteiger partial charge < -0.3 is 9.84 Å². The van der Waals surface area contributed by atoms with Crippen molar-refractivity contribution >= 4 is 23.7 Å². The van der Waals surface area contributed by atoms with Crippen molar-refractivity contribution < 1.29 is 28.2 Å². The lowest BCUT2D eigenvalue weighted by atomic mass is 10.2. The Kier molecular flexibility index (Phi) is 7.31. The highest BCUT2D eigenvalue weighted by Crippen LogP contribution is 2.31. The zero-order valence-corrected chi connectivity index (χ0v) is 13.2. The number of hydrogen-bond donors (Lipinski definition) is 1. The van der Waals surface area contributed by atoms with E-state index in [-0.39, 0.29) is 11.5 Å². The van der Waals surface area contributed by atoms with Crippen LogP contribution in [0.25, 0.3) is 0 Å². The summed E-state index contributed by atoms with van der Waals surface area (Å²) in [4.78, 5) is 22.8. The van der Waals surface area contributed by atoms with E-state index in [0.29, 0.717) is 25.3 Å². The van der Waals surface area contributed by atoms with Crippen molar-refractivity contribution in [1.29, 1.82) is 0 Å². The van der Waals surface area contributed by atoms with Gasteiger partial charge in [-0.2, -0.15) is 0 Å². The van der Waals surface area contributed by atoms with Crippen molar-refractivity contribution in [2.24, 2.45) is 0 Å². The number of thioether (sulfide) groups is 1. The molecule has 122 valence electrons. The second-order valence-electron chi connectivity index (χ2n) is 4.63. The number of esters is 1. The fourth-order valence-corrected chi connectivity index (χ4v) is 2.90. The van der Waals surface area contributed by atoms with E-state index in [0.717, 1.165) is 17.8 Å². The third-order valence-electron chi connectivity index (χ3n) is 2.78. The Morgan fingerprint density at radius 2 is 1.91 bits per heavy atom. The van der Waals surface area contributed by atoms with Gasteiger partial charge >= 0.3 is 11.9 Å². The third kappa shape index (κ3) is 4.98. The van der Waals surface area contributed by atoms with E-state index in [4.69, 9.17) is 9.84 Å². The molecule has 1 N–H and O–H groups in total. The van der Waals surface area contributed by atoms with Crippen molar-refractivity contribution in [1.82, 2.24) is 0 Å². The van der Waals surface area contributed by atoms with Crippen LogP contribution in [0.1, 0.15) is 43.5 Å². The molecule has 0 fully saturated rings. The predicted octanol–water partition coefficient (Wildman–Crippen LogP) is 3.88. The van der Waals surface area contributed by atoms with Crippen molar-refractivity contribution in [3.8, 4) is 0 Å². The van der Waals surface area contributed by atoms with E-state index >= 15 is 0 Å². The molecule has 1 aromatic carbocycles. The first-order chi connectivity index (χ1) is 10.4. The van der Waals surface area contributed by atoms with Crippen molar-refractivity contribution in [3.05, 3.63) is 29.3 Å². The van der Waals surface area contributed by atoms with Gasteiger partial charge in [-0.15, -0.1) is 11.8 Å². The van der Waals surface area contributed by atoms with Gasteiger partial charge in [-0.25, -0.2) is 13.6 Å². The molecule has 1 atom stereocenters. The Balaban J connectivity index is 3.00. The van der Waals surface area contributed by atoms with Gasteiger partial charge in [0.2, 0.25) is 0 Å². The van der Waals surface area contributed by atoms with Crippen LogP contribution >= 0.6 is 11.8 Å². The summed E-state index contributed by atoms with van der Waals surface area (Å²) in [5.41, 5.74) is -0.624. The summed E-state index contributed by atoms with van der Waals surface area (Å²) < 4.78 is 32.2.